The summed E-state index contributed by atoms with van der Waals surface area (Å²) in [6.45, 7) is 16.7. The van der Waals surface area contributed by atoms with Gasteiger partial charge in [-0.05, 0) is 47.5 Å². The molecule has 0 spiro atoms. The van der Waals surface area contributed by atoms with Gasteiger partial charge in [0.05, 0.1) is 71.2 Å². The standard InChI is InChI=1S/C8H13NO2.C7H12N2O2.C7H14N2O.C6H11N3O2/c1-6-4-5-8(10)9(11-3)7(6)2;1-5-4-8-7(10)9(11-3)6(5)2;1-6-7(2)9(10-3)5-4-8-6;1-4-5(2)9(11-3)6(10)8-7-4/h4-7H,1-3H3;4-6H,1-3H3;4,6-7H,5H2,1-3H3;4-5H,1-3H3. The maximum Gasteiger partial charge on any atom is 0.386 e. The topological polar surface area (TPSA) is 151 Å². The Morgan fingerprint density at radius 3 is 1.70 bits per heavy atom. The summed E-state index contributed by atoms with van der Waals surface area (Å²) in [5.41, 5.74) is 0. The Labute approximate surface area is 255 Å². The number of hydrogen-bond donors (Lipinski definition) is 0. The van der Waals surface area contributed by atoms with E-state index in [1.54, 1.807) is 19.4 Å². The SMILES string of the molecule is CON1C(=O)C=CC(C)C1C.CON1C(=O)N=CC(C)C1C.CON1C(=O)N=NC(C)C1C.CON1CC=NC(C)C1C. The van der Waals surface area contributed by atoms with Crippen LogP contribution in [0.2, 0.25) is 0 Å². The fraction of sp³-hybridized carbons (Fsp3) is 0.750. The van der Waals surface area contributed by atoms with E-state index in [1.165, 1.54) is 36.5 Å². The highest BCUT2D eigenvalue weighted by molar-refractivity contribution is 5.88. The Kier molecular flexibility index (Phi) is 16.3. The maximum atomic E-state index is 11.1. The van der Waals surface area contributed by atoms with Gasteiger partial charge in [-0.15, -0.1) is 0 Å². The van der Waals surface area contributed by atoms with Gasteiger partial charge in [0.25, 0.3) is 5.91 Å². The molecule has 0 aromatic heterocycles. The minimum Gasteiger partial charge on any atom is -0.302 e. The molecule has 0 saturated heterocycles. The monoisotopic (exact) mass is 610 g/mol. The second kappa shape index (κ2) is 18.5. The van der Waals surface area contributed by atoms with Crippen molar-refractivity contribution in [1.29, 1.82) is 0 Å². The average Bonchev–Trinajstić information content (AvgIpc) is 2.98. The van der Waals surface area contributed by atoms with E-state index in [-0.39, 0.29) is 42.0 Å². The number of azo groups is 1. The maximum absolute atomic E-state index is 11.1. The fourth-order valence-electron chi connectivity index (χ4n) is 4.10. The highest BCUT2D eigenvalue weighted by Crippen LogP contribution is 2.18. The lowest BCUT2D eigenvalue weighted by molar-refractivity contribution is -0.186. The molecule has 8 atom stereocenters. The normalized spacial score (nSPS) is 32.0. The highest BCUT2D eigenvalue weighted by Gasteiger charge is 2.30. The second-order valence-electron chi connectivity index (χ2n) is 10.6. The fourth-order valence-corrected chi connectivity index (χ4v) is 4.10. The van der Waals surface area contributed by atoms with Gasteiger partial charge in [0.2, 0.25) is 0 Å². The minimum absolute atomic E-state index is 0.00708. The second-order valence-corrected chi connectivity index (χ2v) is 10.6. The van der Waals surface area contributed by atoms with Gasteiger partial charge in [-0.2, -0.15) is 20.3 Å². The molecule has 0 N–H and O–H groups in total. The van der Waals surface area contributed by atoms with Gasteiger partial charge in [-0.25, -0.2) is 19.6 Å². The Hall–Kier alpha value is -3.11. The Balaban J connectivity index is 0.000000287. The predicted octanol–water partition coefficient (Wildman–Crippen LogP) is 3.97. The summed E-state index contributed by atoms with van der Waals surface area (Å²) in [6, 6.07) is 0.181. The smallest absolute Gasteiger partial charge is 0.302 e. The van der Waals surface area contributed by atoms with Crippen molar-refractivity contribution >= 4 is 30.4 Å². The van der Waals surface area contributed by atoms with Crippen LogP contribution in [0.4, 0.5) is 9.59 Å². The van der Waals surface area contributed by atoms with Crippen LogP contribution in [0.5, 0.6) is 0 Å². The van der Waals surface area contributed by atoms with E-state index >= 15 is 0 Å². The summed E-state index contributed by atoms with van der Waals surface area (Å²) in [7, 11) is 6.13. The first-order chi connectivity index (χ1) is 20.2. The van der Waals surface area contributed by atoms with E-state index in [9.17, 15) is 14.4 Å². The first-order valence-electron chi connectivity index (χ1n) is 14.3. The molecule has 0 aliphatic carbocycles. The number of hydrogen-bond acceptors (Lipinski definition) is 10. The van der Waals surface area contributed by atoms with Crippen LogP contribution >= 0.6 is 0 Å². The molecule has 0 fully saturated rings. The molecule has 15 heteroatoms. The van der Waals surface area contributed by atoms with E-state index in [4.69, 9.17) is 19.4 Å². The third-order valence-electron chi connectivity index (χ3n) is 7.79. The lowest BCUT2D eigenvalue weighted by Gasteiger charge is -2.31. The van der Waals surface area contributed by atoms with E-state index < -0.39 is 6.03 Å². The number of urea groups is 2. The molecule has 43 heavy (non-hydrogen) atoms. The molecule has 244 valence electrons. The number of hydroxylamine groups is 8. The molecule has 4 heterocycles. The van der Waals surface area contributed by atoms with Gasteiger partial charge >= 0.3 is 12.1 Å². The lowest BCUT2D eigenvalue weighted by Crippen LogP contribution is -2.44. The van der Waals surface area contributed by atoms with Crippen LogP contribution in [0, 0.1) is 11.8 Å². The minimum atomic E-state index is -0.432. The van der Waals surface area contributed by atoms with Gasteiger partial charge in [0, 0.05) is 24.4 Å². The third kappa shape index (κ3) is 10.8. The Bertz CT molecular complexity index is 923. The average molecular weight is 611 g/mol. The summed E-state index contributed by atoms with van der Waals surface area (Å²) < 4.78 is 0. The molecule has 8 unspecified atom stereocenters. The molecule has 15 nitrogen and oxygen atoms in total. The number of aliphatic imine (C=N–C) groups is 2. The van der Waals surface area contributed by atoms with Gasteiger partial charge < -0.3 is 4.84 Å². The van der Waals surface area contributed by atoms with Gasteiger partial charge in [-0.1, -0.05) is 25.0 Å². The van der Waals surface area contributed by atoms with Gasteiger partial charge in [0.15, 0.2) is 0 Å². The van der Waals surface area contributed by atoms with Crippen molar-refractivity contribution in [3.63, 3.8) is 0 Å². The number of rotatable bonds is 4. The van der Waals surface area contributed by atoms with Crippen LogP contribution in [0.25, 0.3) is 0 Å². The molecule has 4 rings (SSSR count). The van der Waals surface area contributed by atoms with Crippen molar-refractivity contribution in [3.8, 4) is 0 Å². The van der Waals surface area contributed by atoms with Crippen LogP contribution in [-0.4, -0.2) is 122 Å². The first-order valence-corrected chi connectivity index (χ1v) is 14.3. The van der Waals surface area contributed by atoms with Crippen LogP contribution < -0.4 is 0 Å². The van der Waals surface area contributed by atoms with E-state index in [0.29, 0.717) is 18.0 Å². The predicted molar refractivity (Wildman–Crippen MR) is 162 cm³/mol. The number of carbonyl (C=O) groups excluding carboxylic acids is 3. The summed E-state index contributed by atoms with van der Waals surface area (Å²) in [5, 5.41) is 13.0. The van der Waals surface area contributed by atoms with E-state index in [0.717, 1.165) is 6.54 Å². The molecule has 4 aliphatic rings. The zero-order valence-electron chi connectivity index (χ0n) is 27.6. The van der Waals surface area contributed by atoms with Crippen LogP contribution in [0.15, 0.2) is 32.4 Å². The Morgan fingerprint density at radius 2 is 1.23 bits per heavy atom. The quantitative estimate of drug-likeness (QED) is 0.464. The number of amides is 5. The van der Waals surface area contributed by atoms with E-state index in [2.05, 4.69) is 41.0 Å². The molecular formula is C28H50N8O7. The molecule has 0 saturated carbocycles. The van der Waals surface area contributed by atoms with Crippen LogP contribution in [0.1, 0.15) is 55.4 Å². The van der Waals surface area contributed by atoms with Crippen molar-refractivity contribution < 1.29 is 33.7 Å². The summed E-state index contributed by atoms with van der Waals surface area (Å²) in [4.78, 5) is 60.6. The summed E-state index contributed by atoms with van der Waals surface area (Å²) in [5.74, 6) is 0.554. The largest absolute Gasteiger partial charge is 0.386 e. The zero-order valence-corrected chi connectivity index (χ0v) is 27.6. The van der Waals surface area contributed by atoms with Gasteiger partial charge in [0.1, 0.15) is 0 Å². The lowest BCUT2D eigenvalue weighted by atomic mass is 10.00. The zero-order chi connectivity index (χ0) is 32.9. The molecule has 0 radical (unpaired) electrons. The van der Waals surface area contributed by atoms with Crippen molar-refractivity contribution in [3.05, 3.63) is 12.2 Å². The molecule has 4 aliphatic heterocycles. The third-order valence-corrected chi connectivity index (χ3v) is 7.79. The van der Waals surface area contributed by atoms with Gasteiger partial charge in [-0.3, -0.25) is 24.3 Å². The molecule has 0 aromatic carbocycles. The highest BCUT2D eigenvalue weighted by atomic mass is 16.7. The van der Waals surface area contributed by atoms with Crippen molar-refractivity contribution in [2.24, 2.45) is 32.0 Å². The molecule has 0 bridgehead atoms. The van der Waals surface area contributed by atoms with E-state index in [1.807, 2.05) is 52.0 Å². The summed E-state index contributed by atoms with van der Waals surface area (Å²) in [6.07, 6.45) is 7.01. The molecule has 0 aromatic rings. The summed E-state index contributed by atoms with van der Waals surface area (Å²) >= 11 is 0. The number of nitrogens with zero attached hydrogens (tertiary/aromatic N) is 8. The van der Waals surface area contributed by atoms with Crippen LogP contribution in [-0.2, 0) is 24.1 Å². The van der Waals surface area contributed by atoms with Crippen molar-refractivity contribution in [1.82, 2.24) is 20.3 Å². The first kappa shape index (κ1) is 37.9. The van der Waals surface area contributed by atoms with Crippen LogP contribution in [0.3, 0.4) is 0 Å². The molecule has 5 amide bonds. The number of carbonyl (C=O) groups is 3. The molecular weight excluding hydrogens is 560 g/mol. The van der Waals surface area contributed by atoms with Crippen molar-refractivity contribution in [2.75, 3.05) is 35.0 Å². The van der Waals surface area contributed by atoms with Crippen molar-refractivity contribution in [2.45, 2.75) is 91.6 Å². The Morgan fingerprint density at radius 1 is 0.674 bits per heavy atom.